The Hall–Kier alpha value is -0.910. The molecule has 0 radical (unpaired) electrons. The van der Waals surface area contributed by atoms with Gasteiger partial charge in [0.15, 0.2) is 0 Å². The lowest BCUT2D eigenvalue weighted by Crippen LogP contribution is -2.49. The van der Waals surface area contributed by atoms with Gasteiger partial charge in [0.25, 0.3) is 5.91 Å². The molecule has 19 heavy (non-hydrogen) atoms. The number of rotatable bonds is 4. The lowest BCUT2D eigenvalue weighted by Gasteiger charge is -2.34. The molecule has 1 fully saturated rings. The van der Waals surface area contributed by atoms with Crippen LogP contribution in [0.4, 0.5) is 0 Å². The Labute approximate surface area is 118 Å². The van der Waals surface area contributed by atoms with Crippen LogP contribution in [0, 0.1) is 0 Å². The van der Waals surface area contributed by atoms with Crippen LogP contribution < -0.4 is 0 Å². The third-order valence-corrected chi connectivity index (χ3v) is 4.51. The summed E-state index contributed by atoms with van der Waals surface area (Å²) in [5, 5.41) is 10.9. The highest BCUT2D eigenvalue weighted by Crippen LogP contribution is 2.26. The lowest BCUT2D eigenvalue weighted by molar-refractivity contribution is 0.0618. The molecule has 1 aromatic heterocycles. The van der Waals surface area contributed by atoms with Crippen molar-refractivity contribution in [3.05, 3.63) is 21.9 Å². The molecular formula is C14H22N2O2S. The first-order chi connectivity index (χ1) is 9.13. The molecule has 1 aliphatic rings. The van der Waals surface area contributed by atoms with Gasteiger partial charge in [-0.1, -0.05) is 13.8 Å². The third-order valence-electron chi connectivity index (χ3n) is 3.59. The summed E-state index contributed by atoms with van der Waals surface area (Å²) in [6.07, 6.45) is 0. The van der Waals surface area contributed by atoms with Crippen LogP contribution in [0.5, 0.6) is 0 Å². The van der Waals surface area contributed by atoms with Crippen LogP contribution >= 0.6 is 11.3 Å². The Morgan fingerprint density at radius 1 is 1.37 bits per heavy atom. The van der Waals surface area contributed by atoms with Crippen LogP contribution in [0.3, 0.4) is 0 Å². The number of carbonyl (C=O) groups excluding carboxylic acids is 1. The van der Waals surface area contributed by atoms with Crippen molar-refractivity contribution >= 4 is 17.2 Å². The van der Waals surface area contributed by atoms with Crippen molar-refractivity contribution in [2.75, 3.05) is 39.3 Å². The van der Waals surface area contributed by atoms with Gasteiger partial charge < -0.3 is 10.0 Å². The topological polar surface area (TPSA) is 43.8 Å². The van der Waals surface area contributed by atoms with E-state index in [1.165, 1.54) is 0 Å². The molecule has 0 saturated carbocycles. The minimum atomic E-state index is 0.169. The highest BCUT2D eigenvalue weighted by molar-refractivity contribution is 7.12. The normalized spacial score (nSPS) is 17.2. The van der Waals surface area contributed by atoms with Crippen LogP contribution in [-0.2, 0) is 0 Å². The minimum absolute atomic E-state index is 0.169. The highest BCUT2D eigenvalue weighted by atomic mass is 32.1. The number of carbonyl (C=O) groups is 1. The first-order valence-electron chi connectivity index (χ1n) is 6.83. The molecule has 0 unspecified atom stereocenters. The maximum Gasteiger partial charge on any atom is 0.264 e. The van der Waals surface area contributed by atoms with Gasteiger partial charge in [-0.2, -0.15) is 0 Å². The molecule has 1 amide bonds. The smallest absolute Gasteiger partial charge is 0.264 e. The fourth-order valence-corrected chi connectivity index (χ4v) is 3.43. The first-order valence-corrected chi connectivity index (χ1v) is 7.71. The zero-order valence-corrected chi connectivity index (χ0v) is 12.4. The summed E-state index contributed by atoms with van der Waals surface area (Å²) in [4.78, 5) is 17.5. The molecule has 2 rings (SSSR count). The van der Waals surface area contributed by atoms with E-state index in [4.69, 9.17) is 5.11 Å². The molecule has 0 bridgehead atoms. The molecule has 1 aliphatic heterocycles. The summed E-state index contributed by atoms with van der Waals surface area (Å²) in [5.41, 5.74) is 1.16. The van der Waals surface area contributed by atoms with Gasteiger partial charge in [-0.3, -0.25) is 9.69 Å². The van der Waals surface area contributed by atoms with E-state index in [9.17, 15) is 4.79 Å². The van der Waals surface area contributed by atoms with Gasteiger partial charge in [-0.05, 0) is 22.9 Å². The maximum absolute atomic E-state index is 12.5. The van der Waals surface area contributed by atoms with E-state index in [2.05, 4.69) is 24.8 Å². The second kappa shape index (κ2) is 6.50. The summed E-state index contributed by atoms with van der Waals surface area (Å²) in [5.74, 6) is 0.559. The molecule has 0 aliphatic carbocycles. The van der Waals surface area contributed by atoms with E-state index >= 15 is 0 Å². The SMILES string of the molecule is CC(C)c1ccsc1C(=O)N1CCN(CCO)CC1. The van der Waals surface area contributed by atoms with E-state index in [0.29, 0.717) is 12.5 Å². The molecule has 0 spiro atoms. The summed E-state index contributed by atoms with van der Waals surface area (Å²) in [6.45, 7) is 8.37. The molecular weight excluding hydrogens is 260 g/mol. The lowest BCUT2D eigenvalue weighted by atomic mass is 10.0. The second-order valence-electron chi connectivity index (χ2n) is 5.22. The van der Waals surface area contributed by atoms with E-state index < -0.39 is 0 Å². The number of thiophene rings is 1. The predicted octanol–water partition coefficient (Wildman–Crippen LogP) is 1.62. The number of hydrogen-bond donors (Lipinski definition) is 1. The zero-order valence-electron chi connectivity index (χ0n) is 11.6. The maximum atomic E-state index is 12.5. The van der Waals surface area contributed by atoms with Crippen molar-refractivity contribution in [2.24, 2.45) is 0 Å². The molecule has 0 aromatic carbocycles. The summed E-state index contributed by atoms with van der Waals surface area (Å²) < 4.78 is 0. The number of β-amino-alcohol motifs (C(OH)–C–C–N with tert-alkyl or cyclic N) is 1. The molecule has 2 heterocycles. The van der Waals surface area contributed by atoms with Gasteiger partial charge in [0.05, 0.1) is 11.5 Å². The monoisotopic (exact) mass is 282 g/mol. The van der Waals surface area contributed by atoms with E-state index in [0.717, 1.165) is 36.6 Å². The van der Waals surface area contributed by atoms with E-state index in [-0.39, 0.29) is 12.5 Å². The summed E-state index contributed by atoms with van der Waals surface area (Å²) >= 11 is 1.55. The van der Waals surface area contributed by atoms with E-state index in [1.807, 2.05) is 10.3 Å². The standard InChI is InChI=1S/C14H22N2O2S/c1-11(2)12-3-10-19-13(12)14(18)16-6-4-15(5-7-16)8-9-17/h3,10-11,17H,4-9H2,1-2H3. The Morgan fingerprint density at radius 2 is 2.05 bits per heavy atom. The van der Waals surface area contributed by atoms with Crippen molar-refractivity contribution in [3.8, 4) is 0 Å². The van der Waals surface area contributed by atoms with Crippen molar-refractivity contribution in [1.29, 1.82) is 0 Å². The van der Waals surface area contributed by atoms with Gasteiger partial charge in [-0.25, -0.2) is 0 Å². The minimum Gasteiger partial charge on any atom is -0.395 e. The Morgan fingerprint density at radius 3 is 2.63 bits per heavy atom. The van der Waals surface area contributed by atoms with Gasteiger partial charge in [0.1, 0.15) is 0 Å². The van der Waals surface area contributed by atoms with Crippen LogP contribution in [0.1, 0.15) is 35.0 Å². The van der Waals surface area contributed by atoms with Gasteiger partial charge in [0.2, 0.25) is 0 Å². The second-order valence-corrected chi connectivity index (χ2v) is 6.13. The first kappa shape index (κ1) is 14.5. The van der Waals surface area contributed by atoms with Crippen LogP contribution in [0.2, 0.25) is 0 Å². The van der Waals surface area contributed by atoms with Crippen LogP contribution in [-0.4, -0.2) is 60.1 Å². The molecule has 1 N–H and O–H groups in total. The van der Waals surface area contributed by atoms with Crippen molar-refractivity contribution in [3.63, 3.8) is 0 Å². The molecule has 1 aromatic rings. The van der Waals surface area contributed by atoms with Crippen LogP contribution in [0.25, 0.3) is 0 Å². The fourth-order valence-electron chi connectivity index (χ4n) is 2.41. The van der Waals surface area contributed by atoms with Gasteiger partial charge in [0, 0.05) is 32.7 Å². The average Bonchev–Trinajstić information content (AvgIpc) is 2.88. The Kier molecular flexibility index (Phi) is 4.96. The number of amides is 1. The van der Waals surface area contributed by atoms with Crippen molar-refractivity contribution in [2.45, 2.75) is 19.8 Å². The Bertz CT molecular complexity index is 423. The van der Waals surface area contributed by atoms with Crippen LogP contribution in [0.15, 0.2) is 11.4 Å². The van der Waals surface area contributed by atoms with Crippen molar-refractivity contribution < 1.29 is 9.90 Å². The number of nitrogens with zero attached hydrogens (tertiary/aromatic N) is 2. The average molecular weight is 282 g/mol. The zero-order chi connectivity index (χ0) is 13.8. The molecule has 0 atom stereocenters. The Balaban J connectivity index is 1.99. The number of aliphatic hydroxyl groups excluding tert-OH is 1. The van der Waals surface area contributed by atoms with Gasteiger partial charge in [-0.15, -0.1) is 11.3 Å². The molecule has 5 heteroatoms. The van der Waals surface area contributed by atoms with Crippen molar-refractivity contribution in [1.82, 2.24) is 9.80 Å². The fraction of sp³-hybridized carbons (Fsp3) is 0.643. The summed E-state index contributed by atoms with van der Waals surface area (Å²) in [7, 11) is 0. The molecule has 1 saturated heterocycles. The molecule has 4 nitrogen and oxygen atoms in total. The molecule has 106 valence electrons. The summed E-state index contributed by atoms with van der Waals surface area (Å²) in [6, 6.07) is 2.06. The third kappa shape index (κ3) is 3.35. The van der Waals surface area contributed by atoms with E-state index in [1.54, 1.807) is 11.3 Å². The number of hydrogen-bond acceptors (Lipinski definition) is 4. The number of aliphatic hydroxyl groups is 1. The largest absolute Gasteiger partial charge is 0.395 e. The highest BCUT2D eigenvalue weighted by Gasteiger charge is 2.24. The van der Waals surface area contributed by atoms with Gasteiger partial charge >= 0.3 is 0 Å². The number of piperazine rings is 1. The quantitative estimate of drug-likeness (QED) is 0.912. The predicted molar refractivity (Wildman–Crippen MR) is 77.8 cm³/mol.